The first-order chi connectivity index (χ1) is 16.1. The summed E-state index contributed by atoms with van der Waals surface area (Å²) in [6, 6.07) is 2.57. The van der Waals surface area contributed by atoms with Crippen LogP contribution in [0.1, 0.15) is 38.3 Å². The van der Waals surface area contributed by atoms with Crippen LogP contribution in [0.15, 0.2) is 29.0 Å². The van der Waals surface area contributed by atoms with Crippen molar-refractivity contribution < 1.29 is 9.18 Å². The maximum absolute atomic E-state index is 14.6. The van der Waals surface area contributed by atoms with Gasteiger partial charge in [0.05, 0.1) is 17.9 Å². The number of carbonyl (C=O) groups excluding carboxylic acids is 1. The van der Waals surface area contributed by atoms with Crippen LogP contribution in [-0.2, 0) is 0 Å². The molecule has 0 fully saturated rings. The van der Waals surface area contributed by atoms with Crippen LogP contribution in [0.4, 0.5) is 32.3 Å². The summed E-state index contributed by atoms with van der Waals surface area (Å²) >= 11 is 0. The number of amides is 2. The molecule has 0 atom stereocenters. The summed E-state index contributed by atoms with van der Waals surface area (Å²) in [5.74, 6) is 1.61. The lowest BCUT2D eigenvalue weighted by molar-refractivity contribution is 0.250. The van der Waals surface area contributed by atoms with E-state index in [0.29, 0.717) is 36.8 Å². The summed E-state index contributed by atoms with van der Waals surface area (Å²) in [7, 11) is 1.78. The van der Waals surface area contributed by atoms with Crippen LogP contribution in [0, 0.1) is 18.2 Å². The molecule has 9 nitrogen and oxygen atoms in total. The van der Waals surface area contributed by atoms with Gasteiger partial charge in [0.25, 0.3) is 0 Å². The average Bonchev–Trinajstić information content (AvgIpc) is 3.26. The summed E-state index contributed by atoms with van der Waals surface area (Å²) < 4.78 is 14.6. The second kappa shape index (κ2) is 9.28. The van der Waals surface area contributed by atoms with Crippen molar-refractivity contribution in [2.24, 2.45) is 10.4 Å². The second-order valence-electron chi connectivity index (χ2n) is 9.60. The Balaban J connectivity index is 1.55. The maximum Gasteiger partial charge on any atom is 0.319 e. The zero-order chi connectivity index (χ0) is 24.5. The Labute approximate surface area is 199 Å². The SMILES string of the molecule is CNc1ncc2c(n1)N1CCN=C1C(Nc1cc(NC(=O)NCCC(C)(C)C)c(F)cc1C)=C2. The van der Waals surface area contributed by atoms with Crippen molar-refractivity contribution in [3.8, 4) is 0 Å². The van der Waals surface area contributed by atoms with E-state index in [1.807, 2.05) is 17.9 Å². The van der Waals surface area contributed by atoms with Gasteiger partial charge in [-0.1, -0.05) is 20.8 Å². The van der Waals surface area contributed by atoms with Crippen molar-refractivity contribution in [1.29, 1.82) is 0 Å². The molecule has 2 amide bonds. The summed E-state index contributed by atoms with van der Waals surface area (Å²) in [5, 5.41) is 11.7. The Morgan fingerprint density at radius 1 is 1.24 bits per heavy atom. The van der Waals surface area contributed by atoms with Gasteiger partial charge in [-0.25, -0.2) is 14.2 Å². The zero-order valence-corrected chi connectivity index (χ0v) is 20.2. The molecule has 10 heteroatoms. The van der Waals surface area contributed by atoms with Crippen LogP contribution in [-0.4, -0.2) is 48.5 Å². The van der Waals surface area contributed by atoms with E-state index in [0.717, 1.165) is 29.3 Å². The normalized spacial score (nSPS) is 14.6. The van der Waals surface area contributed by atoms with Gasteiger partial charge in [-0.05, 0) is 42.5 Å². The number of nitrogens with one attached hydrogen (secondary N) is 4. The van der Waals surface area contributed by atoms with Crippen LogP contribution < -0.4 is 26.2 Å². The third kappa shape index (κ3) is 5.11. The number of amidine groups is 1. The number of hydrogen-bond acceptors (Lipinski definition) is 7. The minimum Gasteiger partial charge on any atom is -0.357 e. The topological polar surface area (TPSA) is 107 Å². The van der Waals surface area contributed by atoms with Gasteiger partial charge in [0, 0.05) is 37.6 Å². The first kappa shape index (κ1) is 23.5. The fraction of sp³-hybridized carbons (Fsp3) is 0.417. The molecule has 1 aromatic carbocycles. The second-order valence-corrected chi connectivity index (χ2v) is 9.60. The van der Waals surface area contributed by atoms with Crippen molar-refractivity contribution in [3.63, 3.8) is 0 Å². The zero-order valence-electron chi connectivity index (χ0n) is 20.2. The number of fused-ring (bicyclic) bond motifs is 3. The summed E-state index contributed by atoms with van der Waals surface area (Å²) in [4.78, 5) is 27.9. The molecule has 180 valence electrons. The first-order valence-electron chi connectivity index (χ1n) is 11.4. The third-order valence-electron chi connectivity index (χ3n) is 5.65. The minimum atomic E-state index is -0.496. The van der Waals surface area contributed by atoms with E-state index in [4.69, 9.17) is 0 Å². The molecule has 0 unspecified atom stereocenters. The Hall–Kier alpha value is -3.69. The Bertz CT molecular complexity index is 1170. The number of aromatic nitrogens is 2. The standard InChI is InChI=1S/C24H31FN8O/c1-14-10-16(25)18(31-23(34)28-7-6-24(2,3)4)12-17(14)30-19-11-15-13-29-22(26-5)32-20(15)33-9-8-27-21(19)33/h10-13,30H,6-9H2,1-5H3,(H,26,29,32)(H2,28,31,34). The molecular weight excluding hydrogens is 435 g/mol. The Morgan fingerprint density at radius 3 is 2.76 bits per heavy atom. The average molecular weight is 467 g/mol. The largest absolute Gasteiger partial charge is 0.357 e. The number of urea groups is 1. The molecule has 0 bridgehead atoms. The summed E-state index contributed by atoms with van der Waals surface area (Å²) in [6.07, 6.45) is 4.51. The van der Waals surface area contributed by atoms with E-state index < -0.39 is 11.8 Å². The van der Waals surface area contributed by atoms with Gasteiger partial charge in [0.2, 0.25) is 5.95 Å². The number of hydrogen-bond donors (Lipinski definition) is 4. The van der Waals surface area contributed by atoms with Gasteiger partial charge in [-0.2, -0.15) is 4.98 Å². The molecule has 0 saturated heterocycles. The maximum atomic E-state index is 14.6. The predicted molar refractivity (Wildman–Crippen MR) is 135 cm³/mol. The van der Waals surface area contributed by atoms with E-state index in [2.05, 4.69) is 57.0 Å². The van der Waals surface area contributed by atoms with Crippen LogP contribution in [0.3, 0.4) is 0 Å². The van der Waals surface area contributed by atoms with Crippen LogP contribution >= 0.6 is 0 Å². The number of aliphatic imine (C=N–C) groups is 1. The van der Waals surface area contributed by atoms with E-state index >= 15 is 0 Å². The number of carbonyl (C=O) groups is 1. The molecule has 2 aliphatic rings. The highest BCUT2D eigenvalue weighted by atomic mass is 19.1. The van der Waals surface area contributed by atoms with Gasteiger partial charge in [0.1, 0.15) is 11.6 Å². The lowest BCUT2D eigenvalue weighted by atomic mass is 9.92. The number of aryl methyl sites for hydroxylation is 1. The van der Waals surface area contributed by atoms with Crippen LogP contribution in [0.25, 0.3) is 6.08 Å². The van der Waals surface area contributed by atoms with Crippen molar-refractivity contribution >= 4 is 41.1 Å². The molecule has 4 rings (SSSR count). The predicted octanol–water partition coefficient (Wildman–Crippen LogP) is 4.21. The van der Waals surface area contributed by atoms with Gasteiger partial charge >= 0.3 is 6.03 Å². The van der Waals surface area contributed by atoms with Crippen LogP contribution in [0.2, 0.25) is 0 Å². The fourth-order valence-electron chi connectivity index (χ4n) is 3.78. The van der Waals surface area contributed by atoms with Gasteiger partial charge in [-0.15, -0.1) is 0 Å². The summed E-state index contributed by atoms with van der Waals surface area (Å²) in [6.45, 7) is 9.99. The number of nitrogens with zero attached hydrogens (tertiary/aromatic N) is 4. The lowest BCUT2D eigenvalue weighted by Crippen LogP contribution is -2.35. The van der Waals surface area contributed by atoms with Crippen molar-refractivity contribution in [3.05, 3.63) is 41.0 Å². The van der Waals surface area contributed by atoms with Gasteiger partial charge < -0.3 is 26.2 Å². The van der Waals surface area contributed by atoms with Crippen LogP contribution in [0.5, 0.6) is 0 Å². The molecule has 0 radical (unpaired) electrons. The van der Waals surface area contributed by atoms with Crippen molar-refractivity contribution in [2.75, 3.05) is 47.5 Å². The van der Waals surface area contributed by atoms with E-state index in [1.54, 1.807) is 19.3 Å². The quantitative estimate of drug-likeness (QED) is 0.508. The van der Waals surface area contributed by atoms with E-state index in [9.17, 15) is 9.18 Å². The molecule has 0 saturated carbocycles. The van der Waals surface area contributed by atoms with Crippen molar-refractivity contribution in [2.45, 2.75) is 34.1 Å². The van der Waals surface area contributed by atoms with E-state index in [1.165, 1.54) is 6.07 Å². The Morgan fingerprint density at radius 2 is 2.03 bits per heavy atom. The Kier molecular flexibility index (Phi) is 6.41. The number of rotatable bonds is 6. The third-order valence-corrected chi connectivity index (χ3v) is 5.65. The molecule has 3 heterocycles. The van der Waals surface area contributed by atoms with Gasteiger partial charge in [0.15, 0.2) is 5.84 Å². The van der Waals surface area contributed by atoms with Gasteiger partial charge in [-0.3, -0.25) is 4.99 Å². The molecule has 4 N–H and O–H groups in total. The molecule has 2 aliphatic heterocycles. The molecule has 2 aromatic rings. The number of benzene rings is 1. The smallest absolute Gasteiger partial charge is 0.319 e. The van der Waals surface area contributed by atoms with E-state index in [-0.39, 0.29) is 11.1 Å². The van der Waals surface area contributed by atoms with Crippen molar-refractivity contribution in [1.82, 2.24) is 15.3 Å². The molecular formula is C24H31FN8O. The molecule has 0 spiro atoms. The molecule has 0 aliphatic carbocycles. The first-order valence-corrected chi connectivity index (χ1v) is 11.4. The lowest BCUT2D eigenvalue weighted by Gasteiger charge is -2.28. The molecule has 34 heavy (non-hydrogen) atoms. The minimum absolute atomic E-state index is 0.0995. The highest BCUT2D eigenvalue weighted by Crippen LogP contribution is 2.33. The molecule has 1 aromatic heterocycles. The fourth-order valence-corrected chi connectivity index (χ4v) is 3.78. The number of halogens is 1. The summed E-state index contributed by atoms with van der Waals surface area (Å²) in [5.41, 5.74) is 3.20. The monoisotopic (exact) mass is 466 g/mol. The number of anilines is 4. The highest BCUT2D eigenvalue weighted by Gasteiger charge is 2.30. The highest BCUT2D eigenvalue weighted by molar-refractivity contribution is 6.18.